The predicted octanol–water partition coefficient (Wildman–Crippen LogP) is 4.35. The summed E-state index contributed by atoms with van der Waals surface area (Å²) in [5.41, 5.74) is 1.61. The predicted molar refractivity (Wildman–Crippen MR) is 92.7 cm³/mol. The van der Waals surface area contributed by atoms with Gasteiger partial charge in [-0.15, -0.1) is 0 Å². The van der Waals surface area contributed by atoms with Crippen LogP contribution in [0.15, 0.2) is 47.0 Å². The molecule has 1 aromatic heterocycles. The van der Waals surface area contributed by atoms with Gasteiger partial charge in [-0.1, -0.05) is 35.0 Å². The summed E-state index contributed by atoms with van der Waals surface area (Å²) in [5.74, 6) is -0.487. The van der Waals surface area contributed by atoms with Crippen LogP contribution in [0.5, 0.6) is 0 Å². The number of para-hydroxylation sites is 1. The van der Waals surface area contributed by atoms with Crippen molar-refractivity contribution in [2.45, 2.75) is 31.8 Å². The zero-order valence-electron chi connectivity index (χ0n) is 13.4. The number of halogens is 2. The number of hydrogen-bond donors (Lipinski definition) is 0. The van der Waals surface area contributed by atoms with Crippen molar-refractivity contribution in [3.8, 4) is 0 Å². The minimum atomic E-state index is -0.391. The number of rotatable bonds is 5. The fraction of sp³-hybridized carbons (Fsp3) is 0.263. The molecule has 1 aliphatic rings. The van der Waals surface area contributed by atoms with Crippen LogP contribution in [0.3, 0.4) is 0 Å². The molecule has 0 spiro atoms. The normalized spacial score (nSPS) is 14.0. The first-order chi connectivity index (χ1) is 12.1. The molecule has 1 fully saturated rings. The molecule has 0 atom stereocenters. The summed E-state index contributed by atoms with van der Waals surface area (Å²) in [6.45, 7) is 0.171. The third kappa shape index (κ3) is 3.24. The Balaban J connectivity index is 1.58. The lowest BCUT2D eigenvalue weighted by Gasteiger charge is -2.23. The topological polar surface area (TPSA) is 46.3 Å². The molecule has 1 saturated carbocycles. The molecule has 0 aliphatic heterocycles. The summed E-state index contributed by atoms with van der Waals surface area (Å²) in [6, 6.07) is 12.1. The zero-order valence-corrected chi connectivity index (χ0v) is 14.2. The zero-order chi connectivity index (χ0) is 17.4. The Bertz CT molecular complexity index is 916. The van der Waals surface area contributed by atoms with E-state index in [4.69, 9.17) is 16.1 Å². The van der Waals surface area contributed by atoms with Crippen LogP contribution in [-0.4, -0.2) is 22.0 Å². The Morgan fingerprint density at radius 3 is 2.80 bits per heavy atom. The maximum Gasteiger partial charge on any atom is 0.229 e. The molecule has 0 saturated heterocycles. The van der Waals surface area contributed by atoms with E-state index in [1.54, 1.807) is 17.0 Å². The Morgan fingerprint density at radius 1 is 1.24 bits per heavy atom. The molecule has 4 nitrogen and oxygen atoms in total. The molecule has 128 valence electrons. The summed E-state index contributed by atoms with van der Waals surface area (Å²) in [6.07, 6.45) is 1.98. The van der Waals surface area contributed by atoms with Gasteiger partial charge < -0.3 is 9.42 Å². The Labute approximate surface area is 149 Å². The number of hydrogen-bond acceptors (Lipinski definition) is 3. The summed E-state index contributed by atoms with van der Waals surface area (Å²) in [5, 5.41) is 5.18. The van der Waals surface area contributed by atoms with E-state index >= 15 is 0 Å². The fourth-order valence-electron chi connectivity index (χ4n) is 2.97. The highest BCUT2D eigenvalue weighted by molar-refractivity contribution is 6.31. The average molecular weight is 359 g/mol. The molecule has 1 aliphatic carbocycles. The van der Waals surface area contributed by atoms with E-state index in [0.717, 1.165) is 18.2 Å². The number of nitrogens with zero attached hydrogens (tertiary/aromatic N) is 2. The van der Waals surface area contributed by atoms with Gasteiger partial charge >= 0.3 is 0 Å². The molecular weight excluding hydrogens is 343 g/mol. The second-order valence-electron chi connectivity index (χ2n) is 6.26. The minimum absolute atomic E-state index is 0.0964. The highest BCUT2D eigenvalue weighted by atomic mass is 35.5. The lowest BCUT2D eigenvalue weighted by molar-refractivity contribution is -0.131. The molecular formula is C19H16ClFN2O2. The smallest absolute Gasteiger partial charge is 0.229 e. The van der Waals surface area contributed by atoms with Crippen molar-refractivity contribution in [1.82, 2.24) is 10.1 Å². The van der Waals surface area contributed by atoms with Crippen molar-refractivity contribution in [3.05, 3.63) is 64.6 Å². The quantitative estimate of drug-likeness (QED) is 0.681. The Hall–Kier alpha value is -2.40. The third-order valence-electron chi connectivity index (χ3n) is 4.47. The maximum atomic E-state index is 14.1. The van der Waals surface area contributed by atoms with Crippen molar-refractivity contribution in [2.75, 3.05) is 0 Å². The molecule has 1 amide bonds. The van der Waals surface area contributed by atoms with Gasteiger partial charge in [-0.3, -0.25) is 4.79 Å². The molecule has 0 radical (unpaired) electrons. The van der Waals surface area contributed by atoms with Crippen molar-refractivity contribution < 1.29 is 13.7 Å². The van der Waals surface area contributed by atoms with E-state index in [9.17, 15) is 9.18 Å². The van der Waals surface area contributed by atoms with Crippen LogP contribution in [-0.2, 0) is 17.8 Å². The molecule has 25 heavy (non-hydrogen) atoms. The van der Waals surface area contributed by atoms with Gasteiger partial charge in [0.1, 0.15) is 11.5 Å². The number of benzene rings is 2. The van der Waals surface area contributed by atoms with Gasteiger partial charge in [0.25, 0.3) is 0 Å². The van der Waals surface area contributed by atoms with Gasteiger partial charge in [0.15, 0.2) is 5.58 Å². The summed E-state index contributed by atoms with van der Waals surface area (Å²) in [7, 11) is 0. The van der Waals surface area contributed by atoms with Crippen LogP contribution in [0.1, 0.15) is 24.1 Å². The van der Waals surface area contributed by atoms with Gasteiger partial charge in [-0.2, -0.15) is 0 Å². The van der Waals surface area contributed by atoms with Crippen molar-refractivity contribution in [1.29, 1.82) is 0 Å². The van der Waals surface area contributed by atoms with Crippen LogP contribution in [0, 0.1) is 5.82 Å². The first-order valence-electron chi connectivity index (χ1n) is 8.19. The number of amides is 1. The highest BCUT2D eigenvalue weighted by Crippen LogP contribution is 2.31. The molecule has 3 aromatic rings. The second kappa shape index (κ2) is 6.48. The molecule has 0 N–H and O–H groups in total. The molecule has 6 heteroatoms. The lowest BCUT2D eigenvalue weighted by atomic mass is 10.1. The highest BCUT2D eigenvalue weighted by Gasteiger charge is 2.34. The Kier molecular flexibility index (Phi) is 4.17. The largest absolute Gasteiger partial charge is 0.356 e. The number of carbonyl (C=O) groups is 1. The Morgan fingerprint density at radius 2 is 2.04 bits per heavy atom. The molecule has 0 bridgehead atoms. The van der Waals surface area contributed by atoms with Crippen LogP contribution in [0.25, 0.3) is 11.0 Å². The van der Waals surface area contributed by atoms with E-state index in [1.807, 2.05) is 24.3 Å². The van der Waals surface area contributed by atoms with Gasteiger partial charge in [0.05, 0.1) is 13.0 Å². The third-order valence-corrected chi connectivity index (χ3v) is 4.82. The number of aromatic nitrogens is 1. The van der Waals surface area contributed by atoms with Crippen molar-refractivity contribution in [3.63, 3.8) is 0 Å². The van der Waals surface area contributed by atoms with Crippen molar-refractivity contribution >= 4 is 28.5 Å². The summed E-state index contributed by atoms with van der Waals surface area (Å²) in [4.78, 5) is 14.5. The number of carbonyl (C=O) groups excluding carboxylic acids is 1. The summed E-state index contributed by atoms with van der Waals surface area (Å²) < 4.78 is 19.4. The first-order valence-corrected chi connectivity index (χ1v) is 8.57. The fourth-order valence-corrected chi connectivity index (χ4v) is 3.19. The van der Waals surface area contributed by atoms with E-state index in [-0.39, 0.29) is 24.9 Å². The number of fused-ring (bicyclic) bond motifs is 1. The van der Waals surface area contributed by atoms with Gasteiger partial charge in [0, 0.05) is 22.0 Å². The molecule has 0 unspecified atom stereocenters. The van der Waals surface area contributed by atoms with Crippen LogP contribution >= 0.6 is 11.6 Å². The van der Waals surface area contributed by atoms with Crippen LogP contribution in [0.2, 0.25) is 5.02 Å². The molecule has 4 rings (SSSR count). The van der Waals surface area contributed by atoms with Gasteiger partial charge in [0.2, 0.25) is 5.91 Å². The molecule has 2 aromatic carbocycles. The van der Waals surface area contributed by atoms with E-state index < -0.39 is 5.82 Å². The SMILES string of the molecule is O=C(Cc1noc2ccccc12)N(Cc1c(F)cccc1Cl)C1CC1. The van der Waals surface area contributed by atoms with Crippen LogP contribution < -0.4 is 0 Å². The maximum absolute atomic E-state index is 14.1. The van der Waals surface area contributed by atoms with E-state index in [1.165, 1.54) is 6.07 Å². The minimum Gasteiger partial charge on any atom is -0.356 e. The van der Waals surface area contributed by atoms with Crippen LogP contribution in [0.4, 0.5) is 4.39 Å². The standard InChI is InChI=1S/C19H16ClFN2O2/c20-15-5-3-6-16(21)14(15)11-23(12-8-9-12)19(24)10-17-13-4-1-2-7-18(13)25-22-17/h1-7,12H,8-11H2. The van der Waals surface area contributed by atoms with Gasteiger partial charge in [-0.05, 0) is 37.1 Å². The second-order valence-corrected chi connectivity index (χ2v) is 6.66. The average Bonchev–Trinajstić information content (AvgIpc) is 3.36. The lowest BCUT2D eigenvalue weighted by Crippen LogP contribution is -2.34. The van der Waals surface area contributed by atoms with E-state index in [0.29, 0.717) is 21.9 Å². The van der Waals surface area contributed by atoms with Crippen molar-refractivity contribution in [2.24, 2.45) is 0 Å². The summed E-state index contributed by atoms with van der Waals surface area (Å²) >= 11 is 6.12. The first kappa shape index (κ1) is 16.1. The monoisotopic (exact) mass is 358 g/mol. The van der Waals surface area contributed by atoms with Gasteiger partial charge in [-0.25, -0.2) is 4.39 Å². The molecule has 1 heterocycles. The van der Waals surface area contributed by atoms with E-state index in [2.05, 4.69) is 5.16 Å².